The molecular formula is C23H20N4O6S. The molecule has 11 heteroatoms. The van der Waals surface area contributed by atoms with Gasteiger partial charge >= 0.3 is 5.97 Å². The molecule has 0 spiro atoms. The summed E-state index contributed by atoms with van der Waals surface area (Å²) in [5.74, 6) is 0.127. The first-order valence-corrected chi connectivity index (χ1v) is 10.7. The van der Waals surface area contributed by atoms with E-state index in [-0.39, 0.29) is 28.5 Å². The highest BCUT2D eigenvalue weighted by molar-refractivity contribution is 8.26. The van der Waals surface area contributed by atoms with E-state index in [2.05, 4.69) is 10.1 Å². The smallest absolute Gasteiger partial charge is 0.343 e. The minimum atomic E-state index is -0.615. The standard InChI is InChI=1S/C23H20N4O6S/c1-12-26-27-20(24)15(21(28)25-23(27)34-12)9-13-5-7-17(18(10-13)31-3)33-22(29)14-6-8-16(30-2)19(11-14)32-4/h5-11,24H,1-4H3/b15-9-,24-20?. The van der Waals surface area contributed by atoms with Gasteiger partial charge in [0.2, 0.25) is 5.17 Å². The molecule has 0 radical (unpaired) electrons. The lowest BCUT2D eigenvalue weighted by atomic mass is 10.1. The molecule has 0 bridgehead atoms. The molecule has 0 saturated carbocycles. The van der Waals surface area contributed by atoms with Gasteiger partial charge in [-0.15, -0.1) is 0 Å². The van der Waals surface area contributed by atoms with E-state index in [1.165, 1.54) is 50.2 Å². The fourth-order valence-electron chi connectivity index (χ4n) is 3.23. The summed E-state index contributed by atoms with van der Waals surface area (Å²) in [6.07, 6.45) is 1.52. The van der Waals surface area contributed by atoms with Crippen molar-refractivity contribution in [3.05, 3.63) is 53.1 Å². The number of carbonyl (C=O) groups is 2. The Morgan fingerprint density at radius 2 is 1.68 bits per heavy atom. The maximum absolute atomic E-state index is 12.7. The van der Waals surface area contributed by atoms with E-state index < -0.39 is 11.9 Å². The highest BCUT2D eigenvalue weighted by Gasteiger charge is 2.34. The van der Waals surface area contributed by atoms with E-state index in [1.54, 1.807) is 37.3 Å². The number of nitrogens with zero attached hydrogens (tertiary/aromatic N) is 3. The van der Waals surface area contributed by atoms with Crippen LogP contribution in [0.3, 0.4) is 0 Å². The molecule has 0 unspecified atom stereocenters. The first-order valence-electron chi connectivity index (χ1n) is 9.93. The van der Waals surface area contributed by atoms with Gasteiger partial charge in [0.05, 0.1) is 37.5 Å². The summed E-state index contributed by atoms with van der Waals surface area (Å²) >= 11 is 1.24. The van der Waals surface area contributed by atoms with Crippen LogP contribution in [-0.4, -0.2) is 54.3 Å². The Labute approximate surface area is 199 Å². The summed E-state index contributed by atoms with van der Waals surface area (Å²) in [6, 6.07) is 9.46. The van der Waals surface area contributed by atoms with Gasteiger partial charge in [-0.3, -0.25) is 10.2 Å². The maximum Gasteiger partial charge on any atom is 0.343 e. The first-order chi connectivity index (χ1) is 16.3. The average molecular weight is 481 g/mol. The van der Waals surface area contributed by atoms with Crippen molar-refractivity contribution in [3.8, 4) is 23.0 Å². The minimum Gasteiger partial charge on any atom is -0.493 e. The van der Waals surface area contributed by atoms with Crippen molar-refractivity contribution in [3.63, 3.8) is 0 Å². The normalized spacial score (nSPS) is 16.1. The highest BCUT2D eigenvalue weighted by atomic mass is 32.2. The number of ether oxygens (including phenoxy) is 4. The van der Waals surface area contributed by atoms with E-state index in [9.17, 15) is 9.59 Å². The highest BCUT2D eigenvalue weighted by Crippen LogP contribution is 2.33. The van der Waals surface area contributed by atoms with Gasteiger partial charge in [0, 0.05) is 0 Å². The van der Waals surface area contributed by atoms with Crippen molar-refractivity contribution in [1.82, 2.24) is 5.01 Å². The van der Waals surface area contributed by atoms with Crippen molar-refractivity contribution < 1.29 is 28.5 Å². The van der Waals surface area contributed by atoms with Gasteiger partial charge in [-0.25, -0.2) is 4.79 Å². The molecule has 4 rings (SSSR count). The van der Waals surface area contributed by atoms with Crippen LogP contribution in [0.5, 0.6) is 23.0 Å². The van der Waals surface area contributed by atoms with Crippen molar-refractivity contribution in [1.29, 1.82) is 5.41 Å². The van der Waals surface area contributed by atoms with E-state index in [0.717, 1.165) is 0 Å². The zero-order valence-electron chi connectivity index (χ0n) is 18.7. The number of aliphatic imine (C=N–C) groups is 1. The molecule has 0 aliphatic carbocycles. The predicted molar refractivity (Wildman–Crippen MR) is 128 cm³/mol. The molecule has 1 N–H and O–H groups in total. The summed E-state index contributed by atoms with van der Waals surface area (Å²) < 4.78 is 21.3. The zero-order valence-corrected chi connectivity index (χ0v) is 19.6. The van der Waals surface area contributed by atoms with Crippen LogP contribution in [0.1, 0.15) is 22.8 Å². The number of carbonyl (C=O) groups excluding carboxylic acids is 2. The van der Waals surface area contributed by atoms with E-state index in [0.29, 0.717) is 27.3 Å². The molecule has 1 amide bonds. The average Bonchev–Trinajstić information content (AvgIpc) is 3.21. The van der Waals surface area contributed by atoms with Crippen molar-refractivity contribution in [2.24, 2.45) is 10.1 Å². The molecule has 2 aromatic rings. The van der Waals surface area contributed by atoms with Crippen molar-refractivity contribution in [2.45, 2.75) is 6.92 Å². The van der Waals surface area contributed by atoms with Crippen LogP contribution in [0, 0.1) is 5.41 Å². The quantitative estimate of drug-likeness (QED) is 0.378. The summed E-state index contributed by atoms with van der Waals surface area (Å²) in [4.78, 5) is 29.2. The van der Waals surface area contributed by atoms with Gasteiger partial charge in [-0.1, -0.05) is 6.07 Å². The largest absolute Gasteiger partial charge is 0.493 e. The van der Waals surface area contributed by atoms with Gasteiger partial charge in [-0.2, -0.15) is 15.1 Å². The van der Waals surface area contributed by atoms with Gasteiger partial charge in [0.1, 0.15) is 0 Å². The maximum atomic E-state index is 12.7. The number of esters is 1. The van der Waals surface area contributed by atoms with Crippen LogP contribution in [0.4, 0.5) is 0 Å². The lowest BCUT2D eigenvalue weighted by Gasteiger charge is -2.20. The number of fused-ring (bicyclic) bond motifs is 1. The third kappa shape index (κ3) is 4.37. The Morgan fingerprint density at radius 3 is 2.38 bits per heavy atom. The second-order valence-corrected chi connectivity index (χ2v) is 8.17. The Balaban J connectivity index is 1.58. The lowest BCUT2D eigenvalue weighted by Crippen LogP contribution is -2.35. The molecule has 34 heavy (non-hydrogen) atoms. The molecule has 0 atom stereocenters. The number of hydrazone groups is 1. The molecule has 0 saturated heterocycles. The number of amides is 1. The van der Waals surface area contributed by atoms with Gasteiger partial charge in [-0.05, 0) is 60.7 Å². The topological polar surface area (TPSA) is 123 Å². The summed E-state index contributed by atoms with van der Waals surface area (Å²) in [6.45, 7) is 1.78. The zero-order chi connectivity index (χ0) is 24.4. The summed E-state index contributed by atoms with van der Waals surface area (Å²) in [5.41, 5.74) is 0.905. The molecule has 2 aromatic carbocycles. The number of amidine groups is 2. The number of hydrogen-bond donors (Lipinski definition) is 1. The van der Waals surface area contributed by atoms with Crippen LogP contribution in [0.15, 0.2) is 52.1 Å². The third-order valence-electron chi connectivity index (χ3n) is 4.88. The SMILES string of the molecule is COc1ccc(C(=O)Oc2ccc(/C=C3/C(=N)N4N=C(C)SC4=NC3=O)cc2OC)cc1OC. The van der Waals surface area contributed by atoms with Crippen molar-refractivity contribution >= 4 is 45.8 Å². The molecule has 10 nitrogen and oxygen atoms in total. The van der Waals surface area contributed by atoms with Gasteiger partial charge in [0.25, 0.3) is 5.91 Å². The molecular weight excluding hydrogens is 460 g/mol. The Hall–Kier alpha value is -4.12. The summed E-state index contributed by atoms with van der Waals surface area (Å²) in [5, 5.41) is 14.9. The third-order valence-corrected chi connectivity index (χ3v) is 5.70. The van der Waals surface area contributed by atoms with Crippen LogP contribution in [0.2, 0.25) is 0 Å². The molecule has 2 heterocycles. The number of rotatable bonds is 6. The second-order valence-electron chi connectivity index (χ2n) is 7.01. The number of thioether (sulfide) groups is 1. The number of benzene rings is 2. The Kier molecular flexibility index (Phi) is 6.37. The van der Waals surface area contributed by atoms with Crippen molar-refractivity contribution in [2.75, 3.05) is 21.3 Å². The summed E-state index contributed by atoms with van der Waals surface area (Å²) in [7, 11) is 4.41. The van der Waals surface area contributed by atoms with E-state index in [4.69, 9.17) is 24.4 Å². The van der Waals surface area contributed by atoms with Crippen LogP contribution in [0.25, 0.3) is 6.08 Å². The second kappa shape index (κ2) is 9.40. The molecule has 174 valence electrons. The van der Waals surface area contributed by atoms with Gasteiger partial charge < -0.3 is 18.9 Å². The van der Waals surface area contributed by atoms with E-state index >= 15 is 0 Å². The predicted octanol–water partition coefficient (Wildman–Crippen LogP) is 3.57. The van der Waals surface area contributed by atoms with Gasteiger partial charge in [0.15, 0.2) is 28.8 Å². The number of methoxy groups -OCH3 is 3. The monoisotopic (exact) mass is 480 g/mol. The number of hydrogen-bond acceptors (Lipinski definition) is 9. The lowest BCUT2D eigenvalue weighted by molar-refractivity contribution is -0.114. The van der Waals surface area contributed by atoms with Crippen LogP contribution < -0.4 is 18.9 Å². The molecule has 2 aliphatic rings. The minimum absolute atomic E-state index is 0.0673. The van der Waals surface area contributed by atoms with Crippen LogP contribution in [-0.2, 0) is 4.79 Å². The van der Waals surface area contributed by atoms with E-state index in [1.807, 2.05) is 0 Å². The van der Waals surface area contributed by atoms with Crippen LogP contribution >= 0.6 is 11.8 Å². The number of nitrogens with one attached hydrogen (secondary N) is 1. The Morgan fingerprint density at radius 1 is 1.00 bits per heavy atom. The first kappa shape index (κ1) is 23.1. The molecule has 0 fully saturated rings. The Bertz CT molecular complexity index is 1300. The molecule has 2 aliphatic heterocycles. The fraction of sp³-hybridized carbons (Fsp3) is 0.174. The molecule has 0 aromatic heterocycles. The fourth-order valence-corrected chi connectivity index (χ4v) is 3.97.